The molecule has 0 saturated carbocycles. The minimum atomic E-state index is -0.231. The summed E-state index contributed by atoms with van der Waals surface area (Å²) in [5.74, 6) is 0.343. The molecule has 0 N–H and O–H groups in total. The van der Waals surface area contributed by atoms with Gasteiger partial charge in [-0.2, -0.15) is 0 Å². The molecule has 1 fully saturated rings. The van der Waals surface area contributed by atoms with E-state index in [1.165, 1.54) is 0 Å². The third-order valence-corrected chi connectivity index (χ3v) is 4.87. The van der Waals surface area contributed by atoms with Gasteiger partial charge in [0.05, 0.1) is 6.10 Å². The van der Waals surface area contributed by atoms with Gasteiger partial charge < -0.3 is 19.1 Å². The first-order valence-corrected chi connectivity index (χ1v) is 9.65. The van der Waals surface area contributed by atoms with Crippen molar-refractivity contribution in [2.24, 2.45) is 0 Å². The quantitative estimate of drug-likeness (QED) is 0.698. The van der Waals surface area contributed by atoms with E-state index in [1.807, 2.05) is 30.3 Å². The average Bonchev–Trinajstić information content (AvgIpc) is 3.36. The Hall–Kier alpha value is -2.67. The summed E-state index contributed by atoms with van der Waals surface area (Å²) in [5, 5.41) is 3.83. The number of amides is 2. The Morgan fingerprint density at radius 2 is 2.04 bits per heavy atom. The van der Waals surface area contributed by atoms with E-state index in [0.29, 0.717) is 32.0 Å². The van der Waals surface area contributed by atoms with Crippen molar-refractivity contribution in [3.05, 3.63) is 53.4 Å². The Balaban J connectivity index is 1.59. The standard InChI is InChI=1S/C21H27N3O4/c1-16-13-19(22-28-16)21(26)24(15-18-9-6-12-27-18)11-10-20(25)23(2)14-17-7-4-3-5-8-17/h3-5,7-8,13,18H,6,9-12,14-15H2,1-2H3. The molecule has 1 atom stereocenters. The second kappa shape index (κ2) is 9.50. The highest BCUT2D eigenvalue weighted by atomic mass is 16.5. The second-order valence-electron chi connectivity index (χ2n) is 7.19. The molecule has 1 aromatic heterocycles. The maximum Gasteiger partial charge on any atom is 0.276 e. The van der Waals surface area contributed by atoms with Crippen LogP contribution in [0.25, 0.3) is 0 Å². The normalized spacial score (nSPS) is 16.1. The molecule has 2 amide bonds. The first kappa shape index (κ1) is 20.1. The van der Waals surface area contributed by atoms with Crippen LogP contribution in [0.3, 0.4) is 0 Å². The van der Waals surface area contributed by atoms with Gasteiger partial charge in [-0.3, -0.25) is 9.59 Å². The van der Waals surface area contributed by atoms with Crippen molar-refractivity contribution < 1.29 is 18.8 Å². The number of aryl methyl sites for hydroxylation is 1. The van der Waals surface area contributed by atoms with Crippen molar-refractivity contribution in [2.75, 3.05) is 26.7 Å². The van der Waals surface area contributed by atoms with E-state index < -0.39 is 0 Å². The van der Waals surface area contributed by atoms with Crippen molar-refractivity contribution >= 4 is 11.8 Å². The van der Waals surface area contributed by atoms with Gasteiger partial charge >= 0.3 is 0 Å². The smallest absolute Gasteiger partial charge is 0.276 e. The van der Waals surface area contributed by atoms with Crippen LogP contribution < -0.4 is 0 Å². The molecule has 0 aliphatic carbocycles. The van der Waals surface area contributed by atoms with Crippen LogP contribution in [0.5, 0.6) is 0 Å². The second-order valence-corrected chi connectivity index (χ2v) is 7.19. The van der Waals surface area contributed by atoms with Crippen LogP contribution in [-0.4, -0.2) is 59.6 Å². The van der Waals surface area contributed by atoms with Gasteiger partial charge in [-0.15, -0.1) is 0 Å². The van der Waals surface area contributed by atoms with Gasteiger partial charge in [-0.25, -0.2) is 0 Å². The van der Waals surface area contributed by atoms with Gasteiger partial charge in [0.15, 0.2) is 5.69 Å². The van der Waals surface area contributed by atoms with Gasteiger partial charge in [0.2, 0.25) is 5.91 Å². The molecular formula is C21H27N3O4. The predicted octanol–water partition coefficient (Wildman–Crippen LogP) is 2.65. The van der Waals surface area contributed by atoms with E-state index in [9.17, 15) is 9.59 Å². The van der Waals surface area contributed by atoms with Gasteiger partial charge in [0, 0.05) is 45.8 Å². The third kappa shape index (κ3) is 5.42. The Labute approximate surface area is 165 Å². The Morgan fingerprint density at radius 3 is 2.68 bits per heavy atom. The molecule has 3 rings (SSSR count). The third-order valence-electron chi connectivity index (χ3n) is 4.87. The lowest BCUT2D eigenvalue weighted by Crippen LogP contribution is -2.40. The lowest BCUT2D eigenvalue weighted by molar-refractivity contribution is -0.130. The zero-order chi connectivity index (χ0) is 19.9. The Morgan fingerprint density at radius 1 is 1.25 bits per heavy atom. The number of carbonyl (C=O) groups is 2. The fourth-order valence-electron chi connectivity index (χ4n) is 3.31. The van der Waals surface area contributed by atoms with Crippen LogP contribution in [0, 0.1) is 6.92 Å². The fraction of sp³-hybridized carbons (Fsp3) is 0.476. The zero-order valence-corrected chi connectivity index (χ0v) is 16.5. The first-order chi connectivity index (χ1) is 13.5. The van der Waals surface area contributed by atoms with Gasteiger partial charge in [0.1, 0.15) is 5.76 Å². The highest BCUT2D eigenvalue weighted by molar-refractivity contribution is 5.92. The summed E-state index contributed by atoms with van der Waals surface area (Å²) in [6.07, 6.45) is 2.17. The lowest BCUT2D eigenvalue weighted by atomic mass is 10.2. The summed E-state index contributed by atoms with van der Waals surface area (Å²) in [6.45, 7) is 3.79. The zero-order valence-electron chi connectivity index (χ0n) is 16.5. The molecule has 1 aliphatic heterocycles. The number of ether oxygens (including phenoxy) is 1. The molecule has 7 nitrogen and oxygen atoms in total. The number of nitrogens with zero attached hydrogens (tertiary/aromatic N) is 3. The van der Waals surface area contributed by atoms with E-state index in [4.69, 9.17) is 9.26 Å². The highest BCUT2D eigenvalue weighted by Gasteiger charge is 2.26. The summed E-state index contributed by atoms with van der Waals surface area (Å²) >= 11 is 0. The maximum absolute atomic E-state index is 12.8. The molecule has 0 radical (unpaired) electrons. The van der Waals surface area contributed by atoms with Crippen LogP contribution in [0.2, 0.25) is 0 Å². The Bertz CT molecular complexity index is 784. The average molecular weight is 385 g/mol. The van der Waals surface area contributed by atoms with Crippen molar-refractivity contribution in [1.82, 2.24) is 15.0 Å². The molecule has 150 valence electrons. The minimum Gasteiger partial charge on any atom is -0.376 e. The predicted molar refractivity (Wildman–Crippen MR) is 104 cm³/mol. The molecule has 1 unspecified atom stereocenters. The SMILES string of the molecule is Cc1cc(C(=O)N(CCC(=O)N(C)Cc2ccccc2)CC2CCCO2)no1. The molecule has 0 bridgehead atoms. The van der Waals surface area contributed by atoms with Gasteiger partial charge in [-0.05, 0) is 25.3 Å². The summed E-state index contributed by atoms with van der Waals surface area (Å²) in [6, 6.07) is 11.5. The van der Waals surface area contributed by atoms with Crippen molar-refractivity contribution in [3.8, 4) is 0 Å². The number of benzene rings is 1. The van der Waals surface area contributed by atoms with Crippen molar-refractivity contribution in [1.29, 1.82) is 0 Å². The molecule has 2 heterocycles. The number of hydrogen-bond donors (Lipinski definition) is 0. The molecule has 0 spiro atoms. The Kier molecular flexibility index (Phi) is 6.81. The van der Waals surface area contributed by atoms with Crippen molar-refractivity contribution in [2.45, 2.75) is 38.8 Å². The number of rotatable bonds is 8. The maximum atomic E-state index is 12.8. The van der Waals surface area contributed by atoms with Crippen molar-refractivity contribution in [3.63, 3.8) is 0 Å². The minimum absolute atomic E-state index is 0.00842. The molecule has 1 saturated heterocycles. The van der Waals surface area contributed by atoms with Gasteiger partial charge in [-0.1, -0.05) is 35.5 Å². The molecule has 1 aliphatic rings. The van der Waals surface area contributed by atoms with Crippen LogP contribution in [0.4, 0.5) is 0 Å². The first-order valence-electron chi connectivity index (χ1n) is 9.65. The van der Waals surface area contributed by atoms with E-state index in [2.05, 4.69) is 5.16 Å². The van der Waals surface area contributed by atoms with Crippen LogP contribution in [0.15, 0.2) is 40.9 Å². The van der Waals surface area contributed by atoms with E-state index in [1.54, 1.807) is 29.8 Å². The molecule has 7 heteroatoms. The number of carbonyl (C=O) groups excluding carboxylic acids is 2. The van der Waals surface area contributed by atoms with Crippen LogP contribution >= 0.6 is 0 Å². The van der Waals surface area contributed by atoms with Crippen LogP contribution in [-0.2, 0) is 16.1 Å². The molecule has 2 aromatic rings. The van der Waals surface area contributed by atoms with Crippen LogP contribution in [0.1, 0.15) is 41.1 Å². The van der Waals surface area contributed by atoms with Gasteiger partial charge in [0.25, 0.3) is 5.91 Å². The highest BCUT2D eigenvalue weighted by Crippen LogP contribution is 2.16. The molecule has 28 heavy (non-hydrogen) atoms. The summed E-state index contributed by atoms with van der Waals surface area (Å²) in [4.78, 5) is 28.8. The van der Waals surface area contributed by atoms with E-state index in [0.717, 1.165) is 18.4 Å². The van der Waals surface area contributed by atoms with E-state index >= 15 is 0 Å². The molecular weight excluding hydrogens is 358 g/mol. The molecule has 1 aromatic carbocycles. The topological polar surface area (TPSA) is 75.9 Å². The summed E-state index contributed by atoms with van der Waals surface area (Å²) in [5.41, 5.74) is 1.34. The monoisotopic (exact) mass is 385 g/mol. The summed E-state index contributed by atoms with van der Waals surface area (Å²) < 4.78 is 10.7. The number of hydrogen-bond acceptors (Lipinski definition) is 5. The largest absolute Gasteiger partial charge is 0.376 e. The number of aromatic nitrogens is 1. The lowest BCUT2D eigenvalue weighted by Gasteiger charge is -2.25. The van der Waals surface area contributed by atoms with E-state index in [-0.39, 0.29) is 30.0 Å². The summed E-state index contributed by atoms with van der Waals surface area (Å²) in [7, 11) is 1.78. The fourth-order valence-corrected chi connectivity index (χ4v) is 3.31.